The molecular formula is C15H25N7O5S. The third-order valence-electron chi connectivity index (χ3n) is 3.45. The summed E-state index contributed by atoms with van der Waals surface area (Å²) < 4.78 is 5.20. The molecule has 0 aromatic rings. The fourth-order valence-corrected chi connectivity index (χ4v) is 3.35. The van der Waals surface area contributed by atoms with Gasteiger partial charge >= 0.3 is 6.09 Å². The molecule has 1 heterocycles. The fourth-order valence-electron chi connectivity index (χ4n) is 2.36. The smallest absolute Gasteiger partial charge is 0.408 e. The quantitative estimate of drug-likeness (QED) is 0.151. The number of hydrogen-bond acceptors (Lipinski definition) is 8. The van der Waals surface area contributed by atoms with E-state index in [1.807, 2.05) is 0 Å². The number of carbonyl (C=O) groups excluding carboxylic acids is 2. The van der Waals surface area contributed by atoms with Crippen LogP contribution in [-0.4, -0.2) is 63.8 Å². The zero-order valence-corrected chi connectivity index (χ0v) is 16.8. The Morgan fingerprint density at radius 2 is 2.18 bits per heavy atom. The third kappa shape index (κ3) is 8.30. The minimum absolute atomic E-state index is 0.176. The van der Waals surface area contributed by atoms with E-state index in [2.05, 4.69) is 16.7 Å². The Labute approximate surface area is 167 Å². The molecule has 0 spiro atoms. The van der Waals surface area contributed by atoms with Crippen LogP contribution in [0.5, 0.6) is 0 Å². The number of nitro groups is 1. The van der Waals surface area contributed by atoms with Crippen LogP contribution in [0.4, 0.5) is 4.79 Å². The number of hydrogen-bond donors (Lipinski definition) is 4. The number of rotatable bonds is 7. The van der Waals surface area contributed by atoms with Crippen molar-refractivity contribution in [2.45, 2.75) is 50.6 Å². The molecule has 1 fully saturated rings. The number of alkyl carbamates (subject to hydrolysis) is 1. The zero-order valence-electron chi connectivity index (χ0n) is 16.0. The first-order chi connectivity index (χ1) is 13.0. The zero-order chi connectivity index (χ0) is 21.3. The fraction of sp³-hybridized carbons (Fsp3) is 0.733. The van der Waals surface area contributed by atoms with Crippen LogP contribution in [0.2, 0.25) is 0 Å². The van der Waals surface area contributed by atoms with Crippen LogP contribution >= 0.6 is 11.8 Å². The summed E-state index contributed by atoms with van der Waals surface area (Å²) in [5.41, 5.74) is 0.926. The van der Waals surface area contributed by atoms with E-state index in [0.717, 1.165) is 0 Å². The summed E-state index contributed by atoms with van der Waals surface area (Å²) in [4.78, 5) is 36.6. The summed E-state index contributed by atoms with van der Waals surface area (Å²) in [6.45, 7) is 5.68. The van der Waals surface area contributed by atoms with Gasteiger partial charge in [0.2, 0.25) is 5.91 Å². The maximum Gasteiger partial charge on any atom is 0.408 e. The largest absolute Gasteiger partial charge is 0.444 e. The maximum atomic E-state index is 12.8. The average molecular weight is 415 g/mol. The molecule has 156 valence electrons. The van der Waals surface area contributed by atoms with Gasteiger partial charge in [-0.1, -0.05) is 5.43 Å². The van der Waals surface area contributed by atoms with Crippen molar-refractivity contribution in [2.24, 2.45) is 0 Å². The van der Waals surface area contributed by atoms with Crippen molar-refractivity contribution in [2.75, 3.05) is 18.8 Å². The van der Waals surface area contributed by atoms with E-state index in [4.69, 9.17) is 10.1 Å². The van der Waals surface area contributed by atoms with Gasteiger partial charge in [-0.2, -0.15) is 5.26 Å². The van der Waals surface area contributed by atoms with Crippen molar-refractivity contribution < 1.29 is 19.4 Å². The monoisotopic (exact) mass is 415 g/mol. The molecule has 0 aromatic carbocycles. The number of guanidine groups is 1. The number of nitriles is 1. The summed E-state index contributed by atoms with van der Waals surface area (Å²) in [5.74, 6) is -0.233. The molecule has 28 heavy (non-hydrogen) atoms. The predicted molar refractivity (Wildman–Crippen MR) is 102 cm³/mol. The number of hydrazine groups is 1. The van der Waals surface area contributed by atoms with Crippen LogP contribution in [0.25, 0.3) is 0 Å². The van der Waals surface area contributed by atoms with Gasteiger partial charge in [-0.3, -0.25) is 10.2 Å². The Bertz CT molecular complexity index is 646. The van der Waals surface area contributed by atoms with Crippen molar-refractivity contribution in [3.8, 4) is 6.07 Å². The first-order valence-electron chi connectivity index (χ1n) is 8.58. The Morgan fingerprint density at radius 3 is 2.75 bits per heavy atom. The molecule has 1 aliphatic heterocycles. The molecule has 1 aliphatic rings. The Kier molecular flexibility index (Phi) is 8.77. The van der Waals surface area contributed by atoms with Crippen molar-refractivity contribution in [1.29, 1.82) is 10.7 Å². The van der Waals surface area contributed by atoms with Gasteiger partial charge in [-0.25, -0.2) is 14.9 Å². The summed E-state index contributed by atoms with van der Waals surface area (Å²) >= 11 is 1.35. The molecular weight excluding hydrogens is 390 g/mol. The van der Waals surface area contributed by atoms with Gasteiger partial charge in [0.15, 0.2) is 10.4 Å². The minimum atomic E-state index is -0.913. The van der Waals surface area contributed by atoms with E-state index in [1.165, 1.54) is 16.7 Å². The minimum Gasteiger partial charge on any atom is -0.444 e. The summed E-state index contributed by atoms with van der Waals surface area (Å²) in [6, 6.07) is 1.14. The van der Waals surface area contributed by atoms with E-state index in [1.54, 1.807) is 26.2 Å². The Hall–Kier alpha value is -2.75. The molecule has 0 aromatic heterocycles. The molecule has 12 nitrogen and oxygen atoms in total. The lowest BCUT2D eigenvalue weighted by Crippen LogP contribution is -2.51. The Balaban J connectivity index is 2.68. The third-order valence-corrected chi connectivity index (χ3v) is 4.54. The van der Waals surface area contributed by atoms with Crippen molar-refractivity contribution in [1.82, 2.24) is 21.0 Å². The van der Waals surface area contributed by atoms with Gasteiger partial charge in [-0.15, -0.1) is 11.8 Å². The van der Waals surface area contributed by atoms with Gasteiger partial charge in [0, 0.05) is 18.8 Å². The number of amides is 2. The number of carbonyl (C=O) groups is 2. The molecule has 2 amide bonds. The van der Waals surface area contributed by atoms with E-state index in [9.17, 15) is 25.0 Å². The van der Waals surface area contributed by atoms with E-state index < -0.39 is 34.1 Å². The van der Waals surface area contributed by atoms with Gasteiger partial charge in [0.05, 0.1) is 6.07 Å². The molecule has 0 saturated carbocycles. The molecule has 4 N–H and O–H groups in total. The molecule has 0 unspecified atom stereocenters. The normalized spacial score (nSPS) is 17.2. The number of thioether (sulfide) groups is 1. The lowest BCUT2D eigenvalue weighted by molar-refractivity contribution is -0.525. The van der Waals surface area contributed by atoms with Crippen molar-refractivity contribution in [3.63, 3.8) is 0 Å². The first kappa shape index (κ1) is 23.3. The topological polar surface area (TPSA) is 173 Å². The predicted octanol–water partition coefficient (Wildman–Crippen LogP) is 0.391. The number of nitrogens with zero attached hydrogens (tertiary/aromatic N) is 3. The maximum absolute atomic E-state index is 12.8. The molecule has 13 heteroatoms. The second-order valence-corrected chi connectivity index (χ2v) is 8.08. The van der Waals surface area contributed by atoms with Crippen LogP contribution in [-0.2, 0) is 9.53 Å². The molecule has 0 radical (unpaired) electrons. The highest BCUT2D eigenvalue weighted by molar-refractivity contribution is 8.00. The summed E-state index contributed by atoms with van der Waals surface area (Å²) in [6.07, 6.45) is -0.204. The summed E-state index contributed by atoms with van der Waals surface area (Å²) in [5, 5.41) is 30.3. The molecule has 0 bridgehead atoms. The lowest BCUT2D eigenvalue weighted by atomic mass is 10.1. The van der Waals surface area contributed by atoms with Crippen LogP contribution < -0.4 is 16.1 Å². The SMILES string of the molecule is CC(C)(C)OC(=O)N[C@@H](CCCNC(=N)N[N+](=O)[O-])C(=O)N1CCS[C@@H]1C#N. The molecule has 0 aliphatic carbocycles. The van der Waals surface area contributed by atoms with Crippen LogP contribution in [0.1, 0.15) is 33.6 Å². The molecule has 1 saturated heterocycles. The highest BCUT2D eigenvalue weighted by atomic mass is 32.2. The molecule has 2 atom stereocenters. The van der Waals surface area contributed by atoms with Crippen LogP contribution in [0.15, 0.2) is 0 Å². The van der Waals surface area contributed by atoms with Crippen LogP contribution in [0.3, 0.4) is 0 Å². The lowest BCUT2D eigenvalue weighted by Gasteiger charge is -2.27. The van der Waals surface area contributed by atoms with Gasteiger partial charge in [0.1, 0.15) is 11.6 Å². The van der Waals surface area contributed by atoms with Crippen molar-refractivity contribution >= 4 is 29.7 Å². The molecule has 1 rings (SSSR count). The second kappa shape index (κ2) is 10.5. The number of nitrogens with one attached hydrogen (secondary N) is 4. The van der Waals surface area contributed by atoms with E-state index >= 15 is 0 Å². The van der Waals surface area contributed by atoms with Crippen molar-refractivity contribution in [3.05, 3.63) is 10.1 Å². The van der Waals surface area contributed by atoms with Crippen LogP contribution in [0, 0.1) is 26.9 Å². The highest BCUT2D eigenvalue weighted by Crippen LogP contribution is 2.24. The first-order valence-corrected chi connectivity index (χ1v) is 9.63. The average Bonchev–Trinajstić information content (AvgIpc) is 3.03. The van der Waals surface area contributed by atoms with Gasteiger partial charge in [0.25, 0.3) is 5.96 Å². The second-order valence-electron chi connectivity index (χ2n) is 6.90. The standard InChI is InChI=1S/C15H25N7O5S/c1-15(2,3)27-14(24)19-10(5-4-6-18-13(17)20-22(25)26)12(23)21-7-8-28-11(21)9-16/h10-11H,4-8H2,1-3H3,(H,19,24)(H3,17,18,20)/t10-,11+/m0/s1. The van der Waals surface area contributed by atoms with Gasteiger partial charge in [-0.05, 0) is 33.6 Å². The highest BCUT2D eigenvalue weighted by Gasteiger charge is 2.34. The van der Waals surface area contributed by atoms with E-state index in [-0.39, 0.29) is 18.9 Å². The summed E-state index contributed by atoms with van der Waals surface area (Å²) in [7, 11) is 0. The van der Waals surface area contributed by atoms with E-state index in [0.29, 0.717) is 18.7 Å². The van der Waals surface area contributed by atoms with Gasteiger partial charge < -0.3 is 20.3 Å². The number of ether oxygens (including phenoxy) is 1. The Morgan fingerprint density at radius 1 is 1.50 bits per heavy atom.